The van der Waals surface area contributed by atoms with E-state index in [0.717, 1.165) is 0 Å². The molecule has 0 saturated carbocycles. The van der Waals surface area contributed by atoms with Gasteiger partial charge in [-0.3, -0.25) is 0 Å². The van der Waals surface area contributed by atoms with Gasteiger partial charge in [-0.2, -0.15) is 4.39 Å². The SMILES string of the molecule is O=C(F)Sc1ccc[nH]1. The number of carbonyl (C=O) groups excluding carboxylic acids is 1. The number of hydrogen-bond donors (Lipinski definition) is 1. The number of H-pyrrole nitrogens is 1. The number of aromatic amines is 1. The Hall–Kier alpha value is -0.770. The molecule has 1 aromatic heterocycles. The molecule has 0 bridgehead atoms. The van der Waals surface area contributed by atoms with Gasteiger partial charge in [-0.05, 0) is 12.1 Å². The molecule has 1 aromatic rings. The third-order valence-corrected chi connectivity index (χ3v) is 1.39. The van der Waals surface area contributed by atoms with Crippen LogP contribution in [-0.2, 0) is 0 Å². The van der Waals surface area contributed by atoms with E-state index in [1.54, 1.807) is 18.3 Å². The number of carbonyl (C=O) groups is 1. The number of halogens is 1. The largest absolute Gasteiger partial charge is 0.365 e. The first kappa shape index (κ1) is 6.35. The second kappa shape index (κ2) is 2.68. The van der Waals surface area contributed by atoms with Crippen molar-refractivity contribution in [2.45, 2.75) is 5.03 Å². The van der Waals surface area contributed by atoms with Gasteiger partial charge in [-0.1, -0.05) is 0 Å². The fraction of sp³-hybridized carbons (Fsp3) is 0. The lowest BCUT2D eigenvalue weighted by molar-refractivity contribution is 0.245. The molecule has 0 saturated heterocycles. The molecule has 0 radical (unpaired) electrons. The summed E-state index contributed by atoms with van der Waals surface area (Å²) in [5, 5.41) is -0.861. The number of thioether (sulfide) groups is 1. The lowest BCUT2D eigenvalue weighted by Gasteiger charge is -1.83. The van der Waals surface area contributed by atoms with Gasteiger partial charge in [0.15, 0.2) is 0 Å². The van der Waals surface area contributed by atoms with Gasteiger partial charge < -0.3 is 4.98 Å². The fourth-order valence-electron chi connectivity index (χ4n) is 0.464. The van der Waals surface area contributed by atoms with Gasteiger partial charge in [0.1, 0.15) is 0 Å². The Kier molecular flexibility index (Phi) is 1.89. The molecule has 0 fully saturated rings. The molecule has 0 aromatic carbocycles. The van der Waals surface area contributed by atoms with Crippen molar-refractivity contribution in [3.63, 3.8) is 0 Å². The Balaban J connectivity index is 2.58. The van der Waals surface area contributed by atoms with Crippen molar-refractivity contribution in [2.24, 2.45) is 0 Å². The minimum absolute atomic E-state index is 0.530. The number of hydrogen-bond acceptors (Lipinski definition) is 2. The van der Waals surface area contributed by atoms with Crippen molar-refractivity contribution in [3.8, 4) is 0 Å². The third-order valence-electron chi connectivity index (χ3n) is 0.760. The lowest BCUT2D eigenvalue weighted by Crippen LogP contribution is -1.73. The highest BCUT2D eigenvalue weighted by molar-refractivity contribution is 8.13. The van der Waals surface area contributed by atoms with E-state index in [1.165, 1.54) is 0 Å². The van der Waals surface area contributed by atoms with Gasteiger partial charge in [0.2, 0.25) is 0 Å². The summed E-state index contributed by atoms with van der Waals surface area (Å²) in [5.41, 5.74) is 0. The molecule has 0 aliphatic rings. The molecule has 0 atom stereocenters. The Morgan fingerprint density at radius 3 is 3.00 bits per heavy atom. The number of rotatable bonds is 1. The van der Waals surface area contributed by atoms with E-state index < -0.39 is 5.37 Å². The highest BCUT2D eigenvalue weighted by atomic mass is 32.2. The van der Waals surface area contributed by atoms with E-state index in [4.69, 9.17) is 0 Å². The van der Waals surface area contributed by atoms with Crippen molar-refractivity contribution in [2.75, 3.05) is 0 Å². The Morgan fingerprint density at radius 1 is 1.78 bits per heavy atom. The molecule has 48 valence electrons. The Labute approximate surface area is 55.5 Å². The molecule has 0 spiro atoms. The number of aromatic nitrogens is 1. The number of nitrogens with one attached hydrogen (secondary N) is 1. The van der Waals surface area contributed by atoms with Crippen LogP contribution in [0.25, 0.3) is 0 Å². The average molecular weight is 145 g/mol. The molecule has 4 heteroatoms. The van der Waals surface area contributed by atoms with E-state index in [-0.39, 0.29) is 0 Å². The van der Waals surface area contributed by atoms with E-state index in [9.17, 15) is 9.18 Å². The maximum Gasteiger partial charge on any atom is 0.365 e. The molecular weight excluding hydrogens is 141 g/mol. The minimum atomic E-state index is -1.39. The van der Waals surface area contributed by atoms with E-state index >= 15 is 0 Å². The van der Waals surface area contributed by atoms with Crippen molar-refractivity contribution in [3.05, 3.63) is 18.3 Å². The highest BCUT2D eigenvalue weighted by Gasteiger charge is 2.00. The first-order chi connectivity index (χ1) is 4.29. The van der Waals surface area contributed by atoms with Crippen LogP contribution in [0.2, 0.25) is 0 Å². The summed E-state index contributed by atoms with van der Waals surface area (Å²) < 4.78 is 11.6. The second-order valence-corrected chi connectivity index (χ2v) is 2.34. The average Bonchev–Trinajstić information content (AvgIpc) is 2.15. The van der Waals surface area contributed by atoms with E-state index in [2.05, 4.69) is 4.98 Å². The summed E-state index contributed by atoms with van der Waals surface area (Å²) in [6.45, 7) is 0. The maximum atomic E-state index is 11.6. The predicted octanol–water partition coefficient (Wildman–Crippen LogP) is 2.20. The van der Waals surface area contributed by atoms with Crippen LogP contribution in [0.15, 0.2) is 23.4 Å². The molecule has 0 aliphatic carbocycles. The van der Waals surface area contributed by atoms with Crippen LogP contribution in [0, 0.1) is 0 Å². The lowest BCUT2D eigenvalue weighted by atomic mass is 10.7. The maximum absolute atomic E-state index is 11.6. The van der Waals surface area contributed by atoms with Crippen molar-refractivity contribution in [1.29, 1.82) is 0 Å². The zero-order valence-corrected chi connectivity index (χ0v) is 5.24. The topological polar surface area (TPSA) is 32.9 Å². The standard InChI is InChI=1S/C5H4FNOS/c6-5(8)9-4-2-1-3-7-4/h1-3,7H. The zero-order valence-electron chi connectivity index (χ0n) is 4.43. The van der Waals surface area contributed by atoms with Crippen LogP contribution in [0.5, 0.6) is 0 Å². The van der Waals surface area contributed by atoms with Crippen LogP contribution in [0.1, 0.15) is 0 Å². The van der Waals surface area contributed by atoms with Crippen molar-refractivity contribution < 1.29 is 9.18 Å². The van der Waals surface area contributed by atoms with Gasteiger partial charge in [-0.15, -0.1) is 0 Å². The summed E-state index contributed by atoms with van der Waals surface area (Å²) in [6.07, 6.45) is 1.63. The van der Waals surface area contributed by atoms with E-state index in [1.807, 2.05) is 0 Å². The van der Waals surface area contributed by atoms with Gasteiger partial charge in [0.25, 0.3) is 0 Å². The molecule has 1 N–H and O–H groups in total. The molecule has 1 heterocycles. The summed E-state index contributed by atoms with van der Waals surface area (Å²) in [6, 6.07) is 3.33. The summed E-state index contributed by atoms with van der Waals surface area (Å²) in [7, 11) is 0. The first-order valence-corrected chi connectivity index (χ1v) is 3.11. The molecule has 2 nitrogen and oxygen atoms in total. The van der Waals surface area contributed by atoms with Crippen LogP contribution < -0.4 is 0 Å². The van der Waals surface area contributed by atoms with E-state index in [0.29, 0.717) is 16.8 Å². The summed E-state index contributed by atoms with van der Waals surface area (Å²) in [4.78, 5) is 12.5. The van der Waals surface area contributed by atoms with Gasteiger partial charge in [0, 0.05) is 18.0 Å². The van der Waals surface area contributed by atoms with Crippen molar-refractivity contribution >= 4 is 17.1 Å². The molecular formula is C5H4FNOS. The van der Waals surface area contributed by atoms with Gasteiger partial charge >= 0.3 is 5.37 Å². The first-order valence-electron chi connectivity index (χ1n) is 2.30. The fourth-order valence-corrected chi connectivity index (χ4v) is 0.910. The second-order valence-electron chi connectivity index (χ2n) is 1.37. The molecule has 0 amide bonds. The Bertz CT molecular complexity index is 197. The quantitative estimate of drug-likeness (QED) is 0.485. The third kappa shape index (κ3) is 1.89. The zero-order chi connectivity index (χ0) is 6.69. The highest BCUT2D eigenvalue weighted by Crippen LogP contribution is 2.16. The molecule has 9 heavy (non-hydrogen) atoms. The molecule has 0 aliphatic heterocycles. The molecule has 0 unspecified atom stereocenters. The van der Waals surface area contributed by atoms with Gasteiger partial charge in [-0.25, -0.2) is 4.79 Å². The molecule has 1 rings (SSSR count). The monoisotopic (exact) mass is 145 g/mol. The van der Waals surface area contributed by atoms with Gasteiger partial charge in [0.05, 0.1) is 5.03 Å². The normalized spacial score (nSPS) is 9.44. The summed E-state index contributed by atoms with van der Waals surface area (Å²) in [5.74, 6) is 0. The van der Waals surface area contributed by atoms with Crippen LogP contribution in [0.3, 0.4) is 0 Å². The van der Waals surface area contributed by atoms with Crippen LogP contribution in [-0.4, -0.2) is 10.4 Å². The van der Waals surface area contributed by atoms with Crippen LogP contribution in [0.4, 0.5) is 9.18 Å². The smallest absolute Gasteiger partial charge is 0.356 e. The van der Waals surface area contributed by atoms with Crippen molar-refractivity contribution in [1.82, 2.24) is 4.98 Å². The Morgan fingerprint density at radius 2 is 2.56 bits per heavy atom. The minimum Gasteiger partial charge on any atom is -0.356 e. The van der Waals surface area contributed by atoms with Crippen LogP contribution >= 0.6 is 11.8 Å². The predicted molar refractivity (Wildman–Crippen MR) is 33.2 cm³/mol. The summed E-state index contributed by atoms with van der Waals surface area (Å²) >= 11 is 0.544.